The molecule has 8 heteroatoms. The molecule has 0 aliphatic carbocycles. The molecule has 18 heavy (non-hydrogen) atoms. The van der Waals surface area contributed by atoms with Gasteiger partial charge < -0.3 is 15.2 Å². The van der Waals surface area contributed by atoms with E-state index in [9.17, 15) is 22.0 Å². The summed E-state index contributed by atoms with van der Waals surface area (Å²) in [5.74, 6) is -2.20. The van der Waals surface area contributed by atoms with Crippen molar-refractivity contribution in [1.29, 1.82) is 0 Å². The monoisotopic (exact) mass is 271 g/mol. The van der Waals surface area contributed by atoms with Crippen molar-refractivity contribution < 1.29 is 31.4 Å². The van der Waals surface area contributed by atoms with Crippen LogP contribution in [0.15, 0.2) is 12.1 Å². The van der Waals surface area contributed by atoms with Gasteiger partial charge in [-0.3, -0.25) is 0 Å². The Kier molecular flexibility index (Phi) is 4.71. The van der Waals surface area contributed by atoms with E-state index in [2.05, 4.69) is 4.74 Å². The Bertz CT molecular complexity index is 408. The summed E-state index contributed by atoms with van der Waals surface area (Å²) in [6, 6.07) is 1.44. The minimum atomic E-state index is -4.43. The quantitative estimate of drug-likeness (QED) is 0.508. The first-order valence-corrected chi connectivity index (χ1v) is 4.81. The number of ether oxygens (including phenoxy) is 2. The summed E-state index contributed by atoms with van der Waals surface area (Å²) in [6.45, 7) is -2.16. The Balaban J connectivity index is 2.38. The van der Waals surface area contributed by atoms with Crippen molar-refractivity contribution in [2.45, 2.75) is 6.18 Å². The fourth-order valence-corrected chi connectivity index (χ4v) is 1.05. The maximum Gasteiger partial charge on any atom is 0.411 e. The number of halogens is 5. The number of nitrogens with two attached hydrogens (primary N) is 1. The standard InChI is InChI=1S/C10H10F5NO2/c11-6-4-9(7(12)3-8(6)16)18-2-1-17-5-10(13,14)15/h3-4H,1-2,5,16H2. The molecule has 0 fully saturated rings. The molecule has 0 aliphatic rings. The van der Waals surface area contributed by atoms with E-state index in [1.807, 2.05) is 0 Å². The molecule has 3 nitrogen and oxygen atoms in total. The number of alkyl halides is 3. The zero-order chi connectivity index (χ0) is 13.8. The van der Waals surface area contributed by atoms with Crippen LogP contribution < -0.4 is 10.5 Å². The SMILES string of the molecule is Nc1cc(F)c(OCCOCC(F)(F)F)cc1F. The van der Waals surface area contributed by atoms with Gasteiger partial charge in [-0.1, -0.05) is 0 Å². The average molecular weight is 271 g/mol. The van der Waals surface area contributed by atoms with Crippen LogP contribution in [0.1, 0.15) is 0 Å². The molecule has 0 atom stereocenters. The molecule has 0 aromatic heterocycles. The fraction of sp³-hybridized carbons (Fsp3) is 0.400. The Labute approximate surface area is 99.3 Å². The maximum atomic E-state index is 13.1. The van der Waals surface area contributed by atoms with Gasteiger partial charge in [-0.25, -0.2) is 8.78 Å². The van der Waals surface area contributed by atoms with E-state index in [0.29, 0.717) is 6.07 Å². The first-order valence-electron chi connectivity index (χ1n) is 4.81. The van der Waals surface area contributed by atoms with Gasteiger partial charge in [0.05, 0.1) is 12.3 Å². The van der Waals surface area contributed by atoms with Gasteiger partial charge in [-0.2, -0.15) is 13.2 Å². The molecule has 0 saturated heterocycles. The molecule has 0 unspecified atom stereocenters. The normalized spacial score (nSPS) is 11.6. The van der Waals surface area contributed by atoms with Crippen LogP contribution in [-0.4, -0.2) is 26.0 Å². The minimum Gasteiger partial charge on any atom is -0.488 e. The molecular formula is C10H10F5NO2. The van der Waals surface area contributed by atoms with Gasteiger partial charge in [0.1, 0.15) is 19.0 Å². The van der Waals surface area contributed by atoms with Crippen molar-refractivity contribution in [3.8, 4) is 5.75 Å². The molecule has 1 rings (SSSR count). The molecule has 0 aliphatic heterocycles. The summed E-state index contributed by atoms with van der Waals surface area (Å²) < 4.78 is 70.1. The highest BCUT2D eigenvalue weighted by atomic mass is 19.4. The Morgan fingerprint density at radius 3 is 2.33 bits per heavy atom. The van der Waals surface area contributed by atoms with Gasteiger partial charge in [0.2, 0.25) is 0 Å². The van der Waals surface area contributed by atoms with Gasteiger partial charge in [0.15, 0.2) is 11.6 Å². The fourth-order valence-electron chi connectivity index (χ4n) is 1.05. The molecule has 0 saturated carbocycles. The predicted octanol–water partition coefficient (Wildman–Crippen LogP) is 2.50. The molecule has 1 aromatic rings. The van der Waals surface area contributed by atoms with Gasteiger partial charge in [0.25, 0.3) is 0 Å². The molecular weight excluding hydrogens is 261 g/mol. The molecule has 102 valence electrons. The average Bonchev–Trinajstić information content (AvgIpc) is 2.23. The number of hydrogen-bond donors (Lipinski definition) is 1. The van der Waals surface area contributed by atoms with Gasteiger partial charge in [-0.05, 0) is 0 Å². The van der Waals surface area contributed by atoms with E-state index in [1.54, 1.807) is 0 Å². The molecule has 1 aromatic carbocycles. The lowest BCUT2D eigenvalue weighted by Gasteiger charge is -2.10. The van der Waals surface area contributed by atoms with Crippen molar-refractivity contribution in [2.24, 2.45) is 0 Å². The molecule has 0 spiro atoms. The van der Waals surface area contributed by atoms with E-state index < -0.39 is 36.8 Å². The van der Waals surface area contributed by atoms with Crippen LogP contribution in [0.4, 0.5) is 27.6 Å². The number of hydrogen-bond acceptors (Lipinski definition) is 3. The predicted molar refractivity (Wildman–Crippen MR) is 53.1 cm³/mol. The van der Waals surface area contributed by atoms with Gasteiger partial charge in [0, 0.05) is 12.1 Å². The van der Waals surface area contributed by atoms with Crippen LogP contribution in [0.5, 0.6) is 5.75 Å². The van der Waals surface area contributed by atoms with Crippen LogP contribution in [-0.2, 0) is 4.74 Å². The topological polar surface area (TPSA) is 44.5 Å². The Morgan fingerprint density at radius 2 is 1.72 bits per heavy atom. The largest absolute Gasteiger partial charge is 0.488 e. The second-order valence-corrected chi connectivity index (χ2v) is 3.32. The second-order valence-electron chi connectivity index (χ2n) is 3.32. The third-order valence-corrected chi connectivity index (χ3v) is 1.80. The van der Waals surface area contributed by atoms with Crippen LogP contribution >= 0.6 is 0 Å². The number of nitrogen functional groups attached to an aromatic ring is 1. The van der Waals surface area contributed by atoms with E-state index in [4.69, 9.17) is 10.5 Å². The summed E-state index contributed by atoms with van der Waals surface area (Å²) >= 11 is 0. The summed E-state index contributed by atoms with van der Waals surface area (Å²) in [4.78, 5) is 0. The van der Waals surface area contributed by atoms with E-state index in [-0.39, 0.29) is 12.3 Å². The van der Waals surface area contributed by atoms with Crippen LogP contribution in [0.2, 0.25) is 0 Å². The zero-order valence-corrected chi connectivity index (χ0v) is 9.06. The number of anilines is 1. The summed E-state index contributed by atoms with van der Waals surface area (Å²) in [5.41, 5.74) is 4.71. The third-order valence-electron chi connectivity index (χ3n) is 1.80. The Morgan fingerprint density at radius 1 is 1.06 bits per heavy atom. The van der Waals surface area contributed by atoms with E-state index in [1.165, 1.54) is 0 Å². The summed E-state index contributed by atoms with van der Waals surface area (Å²) in [7, 11) is 0. The van der Waals surface area contributed by atoms with Crippen LogP contribution in [0.25, 0.3) is 0 Å². The maximum absolute atomic E-state index is 13.1. The lowest BCUT2D eigenvalue weighted by molar-refractivity contribution is -0.175. The zero-order valence-electron chi connectivity index (χ0n) is 9.06. The highest BCUT2D eigenvalue weighted by Gasteiger charge is 2.27. The van der Waals surface area contributed by atoms with Crippen molar-refractivity contribution in [3.05, 3.63) is 23.8 Å². The van der Waals surface area contributed by atoms with Gasteiger partial charge >= 0.3 is 6.18 Å². The van der Waals surface area contributed by atoms with Crippen LogP contribution in [0.3, 0.4) is 0 Å². The minimum absolute atomic E-state index is 0.337. The molecule has 0 bridgehead atoms. The molecule has 0 radical (unpaired) electrons. The smallest absolute Gasteiger partial charge is 0.411 e. The first-order chi connectivity index (χ1) is 8.29. The lowest BCUT2D eigenvalue weighted by atomic mass is 10.3. The van der Waals surface area contributed by atoms with Crippen LogP contribution in [0, 0.1) is 11.6 Å². The van der Waals surface area contributed by atoms with E-state index >= 15 is 0 Å². The third kappa shape index (κ3) is 4.74. The van der Waals surface area contributed by atoms with Gasteiger partial charge in [-0.15, -0.1) is 0 Å². The lowest BCUT2D eigenvalue weighted by Crippen LogP contribution is -2.19. The van der Waals surface area contributed by atoms with Crippen molar-refractivity contribution in [2.75, 3.05) is 25.6 Å². The molecule has 0 amide bonds. The highest BCUT2D eigenvalue weighted by Crippen LogP contribution is 2.22. The Hall–Kier alpha value is -1.57. The summed E-state index contributed by atoms with van der Waals surface area (Å²) in [6.07, 6.45) is -4.43. The van der Waals surface area contributed by atoms with Crippen molar-refractivity contribution in [3.63, 3.8) is 0 Å². The highest BCUT2D eigenvalue weighted by molar-refractivity contribution is 5.44. The molecule has 0 heterocycles. The first kappa shape index (κ1) is 14.5. The number of rotatable bonds is 5. The summed E-state index contributed by atoms with van der Waals surface area (Å²) in [5, 5.41) is 0. The van der Waals surface area contributed by atoms with Crippen molar-refractivity contribution >= 4 is 5.69 Å². The van der Waals surface area contributed by atoms with E-state index in [0.717, 1.165) is 6.07 Å². The second kappa shape index (κ2) is 5.85. The molecule has 2 N–H and O–H groups in total. The van der Waals surface area contributed by atoms with Crippen molar-refractivity contribution in [1.82, 2.24) is 0 Å². The number of benzene rings is 1.